The zero-order chi connectivity index (χ0) is 20.7. The van der Waals surface area contributed by atoms with E-state index in [2.05, 4.69) is 42.5 Å². The molecule has 3 aromatic rings. The van der Waals surface area contributed by atoms with Gasteiger partial charge in [-0.1, -0.05) is 122 Å². The van der Waals surface area contributed by atoms with Gasteiger partial charge in [-0.2, -0.15) is 0 Å². The molecule has 3 aromatic carbocycles. The molecule has 1 unspecified atom stereocenters. The lowest BCUT2D eigenvalue weighted by atomic mass is 9.77. The molecule has 0 saturated heterocycles. The highest BCUT2D eigenvalue weighted by Crippen LogP contribution is 2.44. The molecule has 1 nitrogen and oxygen atoms in total. The van der Waals surface area contributed by atoms with E-state index in [1.54, 1.807) is 0 Å². The van der Waals surface area contributed by atoms with E-state index in [0.29, 0.717) is 18.0 Å². The first-order valence-electron chi connectivity index (χ1n) is 11.2. The van der Waals surface area contributed by atoms with E-state index in [9.17, 15) is 4.57 Å². The van der Waals surface area contributed by atoms with Crippen LogP contribution in [0.3, 0.4) is 0 Å². The number of hydrogen-bond donors (Lipinski definition) is 0. The molecule has 0 N–H and O–H groups in total. The molecule has 1 aliphatic rings. The second kappa shape index (κ2) is 10.1. The van der Waals surface area contributed by atoms with Crippen molar-refractivity contribution in [3.05, 3.63) is 109 Å². The molecule has 1 aliphatic carbocycles. The Labute approximate surface area is 181 Å². The van der Waals surface area contributed by atoms with Crippen LogP contribution in [0.4, 0.5) is 0 Å². The van der Waals surface area contributed by atoms with E-state index in [1.165, 1.54) is 37.7 Å². The first-order valence-corrected chi connectivity index (χ1v) is 13.1. The van der Waals surface area contributed by atoms with Crippen LogP contribution in [0.25, 0.3) is 0 Å². The highest BCUT2D eigenvalue weighted by Gasteiger charge is 2.27. The quantitative estimate of drug-likeness (QED) is 0.303. The normalized spacial score (nSPS) is 16.5. The summed E-state index contributed by atoms with van der Waals surface area (Å²) in [6, 6.07) is 30.8. The Morgan fingerprint density at radius 1 is 0.733 bits per heavy atom. The van der Waals surface area contributed by atoms with Gasteiger partial charge in [0.05, 0.1) is 0 Å². The molecular formula is C28H31OP. The summed E-state index contributed by atoms with van der Waals surface area (Å²) < 4.78 is 14.3. The predicted octanol–water partition coefficient (Wildman–Crippen LogP) is 6.92. The minimum atomic E-state index is -2.70. The molecular weight excluding hydrogens is 383 g/mol. The standard InChI is InChI=1S/C28H31OP/c29-30(26-18-9-3-10-19-26,27-20-11-4-12-21-27)23-13-22-28(24-14-5-1-6-15-24)25-16-7-2-8-17-25/h1,3-6,9-15,18-22,25,28H,2,7-8,16-17,23H2/b22-13-. The van der Waals surface area contributed by atoms with Crippen LogP contribution >= 0.6 is 7.14 Å². The van der Waals surface area contributed by atoms with Gasteiger partial charge in [-0.15, -0.1) is 0 Å². The van der Waals surface area contributed by atoms with Gasteiger partial charge in [0.15, 0.2) is 0 Å². The van der Waals surface area contributed by atoms with Crippen molar-refractivity contribution in [2.75, 3.05) is 6.16 Å². The fourth-order valence-corrected chi connectivity index (χ4v) is 7.21. The van der Waals surface area contributed by atoms with Crippen LogP contribution in [-0.4, -0.2) is 6.16 Å². The van der Waals surface area contributed by atoms with Gasteiger partial charge in [0, 0.05) is 22.7 Å². The van der Waals surface area contributed by atoms with E-state index >= 15 is 0 Å². The SMILES string of the molecule is O=P(C/C=C\C(c1ccccc1)C1CCCCC1)(c1ccccc1)c1ccccc1. The van der Waals surface area contributed by atoms with Gasteiger partial charge in [-0.05, 0) is 24.3 Å². The Hall–Kier alpha value is -2.37. The maximum Gasteiger partial charge on any atom is 0.146 e. The van der Waals surface area contributed by atoms with Crippen molar-refractivity contribution < 1.29 is 4.57 Å². The van der Waals surface area contributed by atoms with Crippen molar-refractivity contribution >= 4 is 17.8 Å². The molecule has 1 fully saturated rings. The molecule has 0 aromatic heterocycles. The monoisotopic (exact) mass is 414 g/mol. The smallest absolute Gasteiger partial charge is 0.146 e. The number of benzene rings is 3. The van der Waals surface area contributed by atoms with Crippen molar-refractivity contribution in [3.8, 4) is 0 Å². The summed E-state index contributed by atoms with van der Waals surface area (Å²) in [7, 11) is -2.70. The van der Waals surface area contributed by atoms with Gasteiger partial charge in [0.25, 0.3) is 0 Å². The first-order chi connectivity index (χ1) is 14.8. The van der Waals surface area contributed by atoms with Gasteiger partial charge < -0.3 is 4.57 Å². The fourth-order valence-electron chi connectivity index (χ4n) is 4.76. The van der Waals surface area contributed by atoms with Gasteiger partial charge >= 0.3 is 0 Å². The zero-order valence-corrected chi connectivity index (χ0v) is 18.5. The first kappa shape index (κ1) is 20.9. The van der Waals surface area contributed by atoms with Crippen LogP contribution in [-0.2, 0) is 4.57 Å². The third-order valence-corrected chi connectivity index (χ3v) is 9.38. The van der Waals surface area contributed by atoms with Crippen molar-refractivity contribution in [2.45, 2.75) is 38.0 Å². The second-order valence-corrected chi connectivity index (χ2v) is 11.2. The van der Waals surface area contributed by atoms with Crippen molar-refractivity contribution in [1.82, 2.24) is 0 Å². The number of hydrogen-bond acceptors (Lipinski definition) is 1. The molecule has 0 aliphatic heterocycles. The average molecular weight is 415 g/mol. The summed E-state index contributed by atoms with van der Waals surface area (Å²) >= 11 is 0. The summed E-state index contributed by atoms with van der Waals surface area (Å²) in [6.45, 7) is 0. The molecule has 0 heterocycles. The van der Waals surface area contributed by atoms with Crippen LogP contribution in [0, 0.1) is 5.92 Å². The maximum absolute atomic E-state index is 14.3. The van der Waals surface area contributed by atoms with Crippen molar-refractivity contribution in [2.24, 2.45) is 5.92 Å². The molecule has 4 rings (SSSR count). The van der Waals surface area contributed by atoms with Crippen molar-refractivity contribution in [1.29, 1.82) is 0 Å². The predicted molar refractivity (Wildman–Crippen MR) is 130 cm³/mol. The lowest BCUT2D eigenvalue weighted by Crippen LogP contribution is -2.18. The van der Waals surface area contributed by atoms with Gasteiger partial charge in [0.1, 0.15) is 7.14 Å². The van der Waals surface area contributed by atoms with Gasteiger partial charge in [-0.25, -0.2) is 0 Å². The topological polar surface area (TPSA) is 17.1 Å². The third-order valence-electron chi connectivity index (χ3n) is 6.39. The van der Waals surface area contributed by atoms with Crippen LogP contribution < -0.4 is 10.6 Å². The average Bonchev–Trinajstić information content (AvgIpc) is 2.84. The second-order valence-electron chi connectivity index (χ2n) is 8.36. The molecule has 2 heteroatoms. The van der Waals surface area contributed by atoms with Gasteiger partial charge in [-0.3, -0.25) is 0 Å². The maximum atomic E-state index is 14.3. The Balaban J connectivity index is 1.63. The third kappa shape index (κ3) is 4.85. The minimum absolute atomic E-state index is 0.409. The fraction of sp³-hybridized carbons (Fsp3) is 0.286. The lowest BCUT2D eigenvalue weighted by molar-refractivity contribution is 0.332. The van der Waals surface area contributed by atoms with Crippen LogP contribution in [0.1, 0.15) is 43.6 Å². The number of rotatable bonds is 7. The van der Waals surface area contributed by atoms with E-state index < -0.39 is 7.14 Å². The largest absolute Gasteiger partial charge is 0.313 e. The zero-order valence-electron chi connectivity index (χ0n) is 17.6. The molecule has 30 heavy (non-hydrogen) atoms. The lowest BCUT2D eigenvalue weighted by Gasteiger charge is -2.29. The summed E-state index contributed by atoms with van der Waals surface area (Å²) in [5.41, 5.74) is 1.38. The molecule has 0 radical (unpaired) electrons. The van der Waals surface area contributed by atoms with Crippen molar-refractivity contribution in [3.63, 3.8) is 0 Å². The van der Waals surface area contributed by atoms with Crippen LogP contribution in [0.15, 0.2) is 103 Å². The van der Waals surface area contributed by atoms with Crippen LogP contribution in [0.5, 0.6) is 0 Å². The summed E-state index contributed by atoms with van der Waals surface area (Å²) in [4.78, 5) is 0. The molecule has 0 amide bonds. The molecule has 0 bridgehead atoms. The van der Waals surface area contributed by atoms with E-state index in [1.807, 2.05) is 60.7 Å². The van der Waals surface area contributed by atoms with Gasteiger partial charge in [0.2, 0.25) is 0 Å². The molecule has 0 spiro atoms. The Kier molecular flexibility index (Phi) is 7.03. The minimum Gasteiger partial charge on any atom is -0.313 e. The molecule has 1 saturated carbocycles. The van der Waals surface area contributed by atoms with E-state index in [4.69, 9.17) is 0 Å². The Bertz CT molecular complexity index is 929. The molecule has 154 valence electrons. The van der Waals surface area contributed by atoms with E-state index in [-0.39, 0.29) is 0 Å². The summed E-state index contributed by atoms with van der Waals surface area (Å²) in [6.07, 6.45) is 11.7. The Morgan fingerprint density at radius 3 is 1.77 bits per heavy atom. The van der Waals surface area contributed by atoms with Crippen LogP contribution in [0.2, 0.25) is 0 Å². The highest BCUT2D eigenvalue weighted by molar-refractivity contribution is 7.78. The summed E-state index contributed by atoms with van der Waals surface area (Å²) in [5, 5.41) is 1.88. The summed E-state index contributed by atoms with van der Waals surface area (Å²) in [5.74, 6) is 1.09. The highest BCUT2D eigenvalue weighted by atomic mass is 31.2. The molecule has 1 atom stereocenters. The Morgan fingerprint density at radius 2 is 1.23 bits per heavy atom. The number of allylic oxidation sites excluding steroid dienone is 2. The van der Waals surface area contributed by atoms with E-state index in [0.717, 1.165) is 10.6 Å².